The van der Waals surface area contributed by atoms with Gasteiger partial charge in [-0.1, -0.05) is 364 Å². The highest BCUT2D eigenvalue weighted by molar-refractivity contribution is 6.05. The maximum atomic E-state index is 5.14. The molecule has 0 radical (unpaired) electrons. The van der Waals surface area contributed by atoms with Gasteiger partial charge in [0, 0.05) is 55.6 Å². The summed E-state index contributed by atoms with van der Waals surface area (Å²) in [4.78, 5) is 40.1. The third-order valence-corrected chi connectivity index (χ3v) is 18.7. The van der Waals surface area contributed by atoms with Crippen LogP contribution < -0.4 is 0 Å². The Morgan fingerprint density at radius 2 is 0.317 bits per heavy atom. The lowest BCUT2D eigenvalue weighted by Gasteiger charge is -2.13. The van der Waals surface area contributed by atoms with E-state index in [0.29, 0.717) is 34.9 Å². The fourth-order valence-corrected chi connectivity index (χ4v) is 13.5. The van der Waals surface area contributed by atoms with Crippen molar-refractivity contribution in [2.24, 2.45) is 0 Å². The molecule has 4 aromatic heterocycles. The molecule has 18 aromatic rings. The van der Waals surface area contributed by atoms with Gasteiger partial charge >= 0.3 is 0 Å². The maximum Gasteiger partial charge on any atom is 0.164 e. The quantitative estimate of drug-likeness (QED) is 0.106. The van der Waals surface area contributed by atoms with Gasteiger partial charge in [0.25, 0.3) is 0 Å². The van der Waals surface area contributed by atoms with Gasteiger partial charge < -0.3 is 0 Å². The molecule has 104 heavy (non-hydrogen) atoms. The first kappa shape index (κ1) is 63.4. The second-order valence-electron chi connectivity index (χ2n) is 25.4. The van der Waals surface area contributed by atoms with Crippen molar-refractivity contribution in [3.63, 3.8) is 0 Å². The van der Waals surface area contributed by atoms with E-state index in [1.54, 1.807) is 0 Å². The van der Waals surface area contributed by atoms with E-state index in [1.165, 1.54) is 0 Å². The van der Waals surface area contributed by atoms with Crippen LogP contribution in [0, 0.1) is 0 Å². The molecule has 0 saturated carbocycles. The molecule has 0 aliphatic rings. The van der Waals surface area contributed by atoms with E-state index in [0.717, 1.165) is 144 Å². The zero-order valence-corrected chi connectivity index (χ0v) is 56.5. The number of pyridine rings is 2. The Hall–Kier alpha value is -14.1. The van der Waals surface area contributed by atoms with Crippen LogP contribution in [0.4, 0.5) is 0 Å². The Morgan fingerprint density at radius 3 is 0.606 bits per heavy atom. The molecule has 0 spiro atoms. The predicted octanol–water partition coefficient (Wildman–Crippen LogP) is 24.2. The number of hydrogen-bond acceptors (Lipinski definition) is 8. The molecule has 0 bridgehead atoms. The van der Waals surface area contributed by atoms with Crippen LogP contribution >= 0.6 is 0 Å². The predicted molar refractivity (Wildman–Crippen MR) is 426 cm³/mol. The van der Waals surface area contributed by atoms with Gasteiger partial charge in [0.15, 0.2) is 34.9 Å². The molecule has 0 fully saturated rings. The van der Waals surface area contributed by atoms with E-state index in [9.17, 15) is 0 Å². The molecule has 8 heteroatoms. The highest BCUT2D eigenvalue weighted by atomic mass is 15.0. The minimum absolute atomic E-state index is 0.643. The summed E-state index contributed by atoms with van der Waals surface area (Å²) in [5.74, 6) is 3.88. The van der Waals surface area contributed by atoms with Gasteiger partial charge in [-0.25, -0.2) is 39.9 Å². The van der Waals surface area contributed by atoms with Crippen LogP contribution in [0.5, 0.6) is 0 Å². The Morgan fingerprint density at radius 1 is 0.115 bits per heavy atom. The fraction of sp³-hybridized carbons (Fsp3) is 0. The Kier molecular flexibility index (Phi) is 17.7. The zero-order valence-electron chi connectivity index (χ0n) is 56.5. The van der Waals surface area contributed by atoms with E-state index < -0.39 is 0 Å². The van der Waals surface area contributed by atoms with Gasteiger partial charge in [0.05, 0.1) is 22.8 Å². The lowest BCUT2D eigenvalue weighted by atomic mass is 9.93. The molecule has 0 amide bonds. The average molecular weight is 1330 g/mol. The molecule has 4 heterocycles. The van der Waals surface area contributed by atoms with Crippen molar-refractivity contribution in [3.8, 4) is 158 Å². The molecular formula is C96H64N8. The van der Waals surface area contributed by atoms with Crippen LogP contribution in [0.1, 0.15) is 0 Å². The summed E-state index contributed by atoms with van der Waals surface area (Å²) in [6.07, 6.45) is 0. The molecule has 0 unspecified atom stereocenters. The Balaban J connectivity index is 0.000000154. The van der Waals surface area contributed by atoms with Gasteiger partial charge in [-0.15, -0.1) is 0 Å². The van der Waals surface area contributed by atoms with Crippen LogP contribution in [0.2, 0.25) is 0 Å². The summed E-state index contributed by atoms with van der Waals surface area (Å²) in [6.45, 7) is 0. The largest absolute Gasteiger partial charge is 0.248 e. The van der Waals surface area contributed by atoms with Crippen molar-refractivity contribution in [3.05, 3.63) is 388 Å². The fourth-order valence-electron chi connectivity index (χ4n) is 13.5. The minimum atomic E-state index is 0.643. The van der Waals surface area contributed by atoms with Crippen molar-refractivity contribution in [1.29, 1.82) is 0 Å². The summed E-state index contributed by atoms with van der Waals surface area (Å²) < 4.78 is 0. The third kappa shape index (κ3) is 13.5. The van der Waals surface area contributed by atoms with Crippen molar-refractivity contribution in [2.45, 2.75) is 0 Å². The topological polar surface area (TPSA) is 103 Å². The van der Waals surface area contributed by atoms with E-state index in [4.69, 9.17) is 39.9 Å². The standard InChI is InChI=1S/2C48H32N4/c1-5-15-35(16-6-1)44-31-39(32-45(49-44)36-17-7-2-8-18-36)33-27-29-34(30-28-33)40-23-13-25-42-41(40)24-14-26-43(42)48-51-46(37-19-9-3-10-20-37)50-47(52-48)38-21-11-4-12-22-38;1-5-15-33(16-6-1)39-31-44(35-17-7-2-8-18-35)49-45(32-39)36-29-27-34(28-30-36)40-23-13-25-42-41(40)24-14-26-43(42)48-51-46(37-19-9-3-10-20-37)50-47(52-48)38-21-11-4-12-22-38/h2*1-32H. The van der Waals surface area contributed by atoms with Crippen molar-refractivity contribution >= 4 is 21.5 Å². The van der Waals surface area contributed by atoms with Crippen molar-refractivity contribution in [1.82, 2.24) is 39.9 Å². The first-order chi connectivity index (χ1) is 51.5. The van der Waals surface area contributed by atoms with Crippen LogP contribution in [-0.2, 0) is 0 Å². The number of aromatic nitrogens is 8. The number of hydrogen-bond donors (Lipinski definition) is 0. The molecule has 0 aliphatic carbocycles. The Bertz CT molecular complexity index is 5430. The van der Waals surface area contributed by atoms with E-state index in [1.807, 2.05) is 146 Å². The molecule has 0 atom stereocenters. The van der Waals surface area contributed by atoms with Gasteiger partial charge in [-0.3, -0.25) is 0 Å². The van der Waals surface area contributed by atoms with Crippen LogP contribution in [0.3, 0.4) is 0 Å². The van der Waals surface area contributed by atoms with E-state index >= 15 is 0 Å². The van der Waals surface area contributed by atoms with Gasteiger partial charge in [0.1, 0.15) is 0 Å². The van der Waals surface area contributed by atoms with Crippen molar-refractivity contribution < 1.29 is 0 Å². The second-order valence-corrected chi connectivity index (χ2v) is 25.4. The lowest BCUT2D eigenvalue weighted by molar-refractivity contribution is 1.08. The maximum absolute atomic E-state index is 5.14. The van der Waals surface area contributed by atoms with Crippen LogP contribution in [-0.4, -0.2) is 39.9 Å². The van der Waals surface area contributed by atoms with E-state index in [2.05, 4.69) is 243 Å². The van der Waals surface area contributed by atoms with Gasteiger partial charge in [-0.05, 0) is 90.3 Å². The highest BCUT2D eigenvalue weighted by Gasteiger charge is 2.20. The second kappa shape index (κ2) is 29.0. The summed E-state index contributed by atoms with van der Waals surface area (Å²) in [6, 6.07) is 134. The van der Waals surface area contributed by atoms with E-state index in [-0.39, 0.29) is 0 Å². The summed E-state index contributed by atoms with van der Waals surface area (Å²) in [5, 5.41) is 4.43. The number of nitrogens with zero attached hydrogens (tertiary/aromatic N) is 8. The number of fused-ring (bicyclic) bond motifs is 2. The molecular weight excluding hydrogens is 1270 g/mol. The van der Waals surface area contributed by atoms with Gasteiger partial charge in [-0.2, -0.15) is 0 Å². The smallest absolute Gasteiger partial charge is 0.164 e. The average Bonchev–Trinajstić information content (AvgIpc) is 0.773. The molecule has 0 N–H and O–H groups in total. The molecule has 8 nitrogen and oxygen atoms in total. The molecule has 0 saturated heterocycles. The normalized spacial score (nSPS) is 11.1. The number of rotatable bonds is 14. The summed E-state index contributed by atoms with van der Waals surface area (Å²) >= 11 is 0. The summed E-state index contributed by atoms with van der Waals surface area (Å²) in [5.41, 5.74) is 23.0. The van der Waals surface area contributed by atoms with Crippen molar-refractivity contribution in [2.75, 3.05) is 0 Å². The summed E-state index contributed by atoms with van der Waals surface area (Å²) in [7, 11) is 0. The van der Waals surface area contributed by atoms with Gasteiger partial charge in [0.2, 0.25) is 0 Å². The molecule has 0 aliphatic heterocycles. The molecule has 14 aromatic carbocycles. The third-order valence-electron chi connectivity index (χ3n) is 18.7. The Labute approximate surface area is 603 Å². The monoisotopic (exact) mass is 1330 g/mol. The lowest BCUT2D eigenvalue weighted by Crippen LogP contribution is -2.00. The highest BCUT2D eigenvalue weighted by Crippen LogP contribution is 2.40. The zero-order chi connectivity index (χ0) is 69.4. The SMILES string of the molecule is c1ccc(-c2cc(-c3ccc(-c4cccc5c(-c6nc(-c7ccccc7)nc(-c7ccccc7)n6)cccc45)cc3)cc(-c3ccccc3)n2)cc1.c1ccc(-c2cc(-c3ccccc3)nc(-c3ccc(-c4cccc5c(-c6nc(-c7ccccc7)nc(-c7ccccc7)n6)cccc45)cc3)c2)cc1. The number of benzene rings is 14. The first-order valence-corrected chi connectivity index (χ1v) is 34.8. The molecule has 488 valence electrons. The minimum Gasteiger partial charge on any atom is -0.248 e. The van der Waals surface area contributed by atoms with Crippen LogP contribution in [0.25, 0.3) is 179 Å². The van der Waals surface area contributed by atoms with Crippen LogP contribution in [0.15, 0.2) is 388 Å². The molecule has 18 rings (SSSR count). The first-order valence-electron chi connectivity index (χ1n) is 34.8.